The highest BCUT2D eigenvalue weighted by Crippen LogP contribution is 2.46. The number of amides is 1. The normalized spacial score (nSPS) is 21.6. The largest absolute Gasteiger partial charge is 0.396 e. The van der Waals surface area contributed by atoms with Gasteiger partial charge in [0.25, 0.3) is 0 Å². The van der Waals surface area contributed by atoms with Crippen LogP contribution in [-0.2, 0) is 17.8 Å². The van der Waals surface area contributed by atoms with Gasteiger partial charge in [-0.15, -0.1) is 0 Å². The monoisotopic (exact) mass is 505 g/mol. The minimum Gasteiger partial charge on any atom is -0.356 e. The second kappa shape index (κ2) is 10.4. The number of hydrogen-bond acceptors (Lipinski definition) is 6. The molecule has 0 spiro atoms. The summed E-state index contributed by atoms with van der Waals surface area (Å²) in [6, 6.07) is 0.620. The van der Waals surface area contributed by atoms with Gasteiger partial charge in [-0.25, -0.2) is 15.0 Å². The fourth-order valence-corrected chi connectivity index (χ4v) is 5.84. The number of piperidine rings is 1. The van der Waals surface area contributed by atoms with Gasteiger partial charge in [0.15, 0.2) is 0 Å². The van der Waals surface area contributed by atoms with Crippen molar-refractivity contribution >= 4 is 17.5 Å². The topological polar surface area (TPSA) is 88.0 Å². The van der Waals surface area contributed by atoms with Crippen molar-refractivity contribution in [2.24, 2.45) is 0 Å². The number of imidazole rings is 1. The van der Waals surface area contributed by atoms with Crippen LogP contribution in [-0.4, -0.2) is 57.3 Å². The Morgan fingerprint density at radius 1 is 1.14 bits per heavy atom. The molecule has 11 heteroatoms. The zero-order chi connectivity index (χ0) is 25.3. The van der Waals surface area contributed by atoms with E-state index < -0.39 is 24.4 Å². The molecule has 1 atom stereocenters. The number of aryl methyl sites for hydroxylation is 1. The van der Waals surface area contributed by atoms with E-state index in [-0.39, 0.29) is 23.1 Å². The second-order valence-corrected chi connectivity index (χ2v) is 10.1. The summed E-state index contributed by atoms with van der Waals surface area (Å²) >= 11 is 0. The van der Waals surface area contributed by atoms with Gasteiger partial charge in [-0.2, -0.15) is 13.2 Å². The highest BCUT2D eigenvalue weighted by Gasteiger charge is 2.48. The van der Waals surface area contributed by atoms with Crippen molar-refractivity contribution in [3.8, 4) is 0 Å². The first-order valence-electron chi connectivity index (χ1n) is 13.1. The molecule has 1 saturated carbocycles. The molecule has 4 heterocycles. The van der Waals surface area contributed by atoms with Gasteiger partial charge in [-0.05, 0) is 32.1 Å². The average Bonchev–Trinajstić information content (AvgIpc) is 3.53. The first kappa shape index (κ1) is 25.0. The molecular formula is C25H34F3N7O. The van der Waals surface area contributed by atoms with Crippen LogP contribution in [0.1, 0.15) is 80.8 Å². The van der Waals surface area contributed by atoms with Crippen molar-refractivity contribution in [3.05, 3.63) is 29.6 Å². The number of aromatic nitrogens is 4. The van der Waals surface area contributed by atoms with Gasteiger partial charge in [0, 0.05) is 50.8 Å². The Morgan fingerprint density at radius 2 is 1.89 bits per heavy atom. The van der Waals surface area contributed by atoms with E-state index >= 15 is 0 Å². The second-order valence-electron chi connectivity index (χ2n) is 10.1. The minimum atomic E-state index is -4.54. The zero-order valence-corrected chi connectivity index (χ0v) is 20.7. The number of hydrogen-bond donors (Lipinski definition) is 2. The Bertz CT molecular complexity index is 1070. The summed E-state index contributed by atoms with van der Waals surface area (Å²) in [4.78, 5) is 26.9. The maximum Gasteiger partial charge on any atom is 0.396 e. The Balaban J connectivity index is 1.29. The Labute approximate surface area is 209 Å². The summed E-state index contributed by atoms with van der Waals surface area (Å²) in [5, 5.41) is 6.17. The SMILES string of the molecule is CCc1cn(CCNC2CCCC2)c(C2CCN(c3ncnc4c3C(C(F)(F)F)CC(=O)N4)CC2)n1. The molecule has 2 aromatic heterocycles. The highest BCUT2D eigenvalue weighted by molar-refractivity contribution is 5.94. The fourth-order valence-electron chi connectivity index (χ4n) is 5.84. The van der Waals surface area contributed by atoms with E-state index in [4.69, 9.17) is 4.98 Å². The number of nitrogens with zero attached hydrogens (tertiary/aromatic N) is 5. The van der Waals surface area contributed by atoms with E-state index in [1.807, 2.05) is 4.90 Å². The molecular weight excluding hydrogens is 471 g/mol. The van der Waals surface area contributed by atoms with E-state index in [9.17, 15) is 18.0 Å². The Hall–Kier alpha value is -2.69. The summed E-state index contributed by atoms with van der Waals surface area (Å²) in [5.41, 5.74) is 1.05. The molecule has 2 aromatic rings. The molecule has 3 aliphatic rings. The van der Waals surface area contributed by atoms with Gasteiger partial charge in [0.2, 0.25) is 5.91 Å². The van der Waals surface area contributed by atoms with Crippen LogP contribution in [0.25, 0.3) is 0 Å². The van der Waals surface area contributed by atoms with Crippen LogP contribution < -0.4 is 15.5 Å². The molecule has 0 radical (unpaired) electrons. The highest BCUT2D eigenvalue weighted by atomic mass is 19.4. The van der Waals surface area contributed by atoms with Gasteiger partial charge in [0.1, 0.15) is 23.8 Å². The number of nitrogens with one attached hydrogen (secondary N) is 2. The molecule has 2 N–H and O–H groups in total. The molecule has 0 aromatic carbocycles. The lowest BCUT2D eigenvalue weighted by atomic mass is 9.90. The minimum absolute atomic E-state index is 0.0178. The third kappa shape index (κ3) is 5.21. The molecule has 1 unspecified atom stereocenters. The number of carbonyl (C=O) groups excluding carboxylic acids is 1. The van der Waals surface area contributed by atoms with Crippen LogP contribution in [0.15, 0.2) is 12.5 Å². The quantitative estimate of drug-likeness (QED) is 0.588. The van der Waals surface area contributed by atoms with Crippen LogP contribution in [0.5, 0.6) is 0 Å². The predicted molar refractivity (Wildman–Crippen MR) is 130 cm³/mol. The molecule has 196 valence electrons. The molecule has 5 rings (SSSR count). The van der Waals surface area contributed by atoms with Crippen LogP contribution in [0.2, 0.25) is 0 Å². The van der Waals surface area contributed by atoms with Gasteiger partial charge < -0.3 is 20.1 Å². The fraction of sp³-hybridized carbons (Fsp3) is 0.680. The van der Waals surface area contributed by atoms with Gasteiger partial charge in [0.05, 0.1) is 17.2 Å². The van der Waals surface area contributed by atoms with E-state index in [2.05, 4.69) is 38.3 Å². The van der Waals surface area contributed by atoms with Crippen LogP contribution in [0, 0.1) is 0 Å². The molecule has 1 saturated heterocycles. The average molecular weight is 506 g/mol. The smallest absolute Gasteiger partial charge is 0.356 e. The van der Waals surface area contributed by atoms with E-state index in [0.29, 0.717) is 19.1 Å². The summed E-state index contributed by atoms with van der Waals surface area (Å²) in [6.45, 7) is 5.02. The standard InChI is InChI=1S/C25H34F3N7O/c1-2-17-14-35(12-9-29-18-5-3-4-6-18)23(32-17)16-7-10-34(11-8-16)24-21-19(25(26,27)28)13-20(36)33-22(21)30-15-31-24/h14-16,18-19,29H,2-13H2,1H3,(H,30,31,33,36). The number of carbonyl (C=O) groups is 1. The molecule has 36 heavy (non-hydrogen) atoms. The molecule has 2 aliphatic heterocycles. The first-order valence-corrected chi connectivity index (χ1v) is 13.1. The predicted octanol–water partition coefficient (Wildman–Crippen LogP) is 4.14. The van der Waals surface area contributed by atoms with E-state index in [1.165, 1.54) is 32.0 Å². The summed E-state index contributed by atoms with van der Waals surface area (Å²) in [5.74, 6) is -1.01. The van der Waals surface area contributed by atoms with Gasteiger partial charge in [-0.1, -0.05) is 19.8 Å². The number of fused-ring (bicyclic) bond motifs is 1. The third-order valence-electron chi connectivity index (χ3n) is 7.77. The zero-order valence-electron chi connectivity index (χ0n) is 20.7. The maximum absolute atomic E-state index is 13.8. The van der Waals surface area contributed by atoms with Crippen molar-refractivity contribution in [1.29, 1.82) is 0 Å². The Kier molecular flexibility index (Phi) is 7.18. The molecule has 1 amide bonds. The Morgan fingerprint density at radius 3 is 2.58 bits per heavy atom. The van der Waals surface area contributed by atoms with Crippen LogP contribution >= 0.6 is 0 Å². The molecule has 1 aliphatic carbocycles. The maximum atomic E-state index is 13.8. The van der Waals surface area contributed by atoms with Crippen molar-refractivity contribution in [2.45, 2.75) is 88.9 Å². The number of alkyl halides is 3. The summed E-state index contributed by atoms with van der Waals surface area (Å²) < 4.78 is 43.8. The number of anilines is 2. The summed E-state index contributed by atoms with van der Waals surface area (Å²) in [7, 11) is 0. The van der Waals surface area contributed by atoms with Crippen molar-refractivity contribution in [2.75, 3.05) is 29.9 Å². The first-order chi connectivity index (χ1) is 17.3. The van der Waals surface area contributed by atoms with Gasteiger partial charge >= 0.3 is 6.18 Å². The van der Waals surface area contributed by atoms with Crippen LogP contribution in [0.4, 0.5) is 24.8 Å². The lowest BCUT2D eigenvalue weighted by Crippen LogP contribution is -2.38. The van der Waals surface area contributed by atoms with Crippen LogP contribution in [0.3, 0.4) is 0 Å². The third-order valence-corrected chi connectivity index (χ3v) is 7.77. The van der Waals surface area contributed by atoms with E-state index in [0.717, 1.165) is 43.9 Å². The summed E-state index contributed by atoms with van der Waals surface area (Å²) in [6.07, 6.45) is 5.73. The molecule has 8 nitrogen and oxygen atoms in total. The van der Waals surface area contributed by atoms with Gasteiger partial charge in [-0.3, -0.25) is 4.79 Å². The van der Waals surface area contributed by atoms with Crippen molar-refractivity contribution in [1.82, 2.24) is 24.8 Å². The molecule has 2 fully saturated rings. The van der Waals surface area contributed by atoms with Crippen molar-refractivity contribution in [3.63, 3.8) is 0 Å². The van der Waals surface area contributed by atoms with E-state index in [1.54, 1.807) is 0 Å². The lowest BCUT2D eigenvalue weighted by molar-refractivity contribution is -0.156. The lowest BCUT2D eigenvalue weighted by Gasteiger charge is -2.36. The molecule has 0 bridgehead atoms. The number of halogens is 3. The number of rotatable bonds is 7. The van der Waals surface area contributed by atoms with Crippen molar-refractivity contribution < 1.29 is 18.0 Å².